The molecule has 40 heavy (non-hydrogen) atoms. The smallest absolute Gasteiger partial charge is 0.411 e. The number of hydrogen-bond acceptors (Lipinski definition) is 2. The Morgan fingerprint density at radius 2 is 1.12 bits per heavy atom. The molecular weight excluding hydrogens is 530 g/mol. The number of hydrogen-bond donors (Lipinski definition) is 0. The van der Waals surface area contributed by atoms with Gasteiger partial charge in [-0.2, -0.15) is 26.3 Å². The van der Waals surface area contributed by atoms with E-state index in [9.17, 15) is 26.3 Å². The number of rotatable bonds is 8. The summed E-state index contributed by atoms with van der Waals surface area (Å²) in [7, 11) is 0. The van der Waals surface area contributed by atoms with Crippen molar-refractivity contribution < 1.29 is 35.8 Å². The summed E-state index contributed by atoms with van der Waals surface area (Å²) in [5.41, 5.74) is -2.55. The molecule has 0 aliphatic rings. The minimum absolute atomic E-state index is 0.0944. The number of aryl methyl sites for hydroxylation is 2. The fourth-order valence-electron chi connectivity index (χ4n) is 4.24. The Balaban J connectivity index is 2.02. The van der Waals surface area contributed by atoms with Crippen LogP contribution in [0.4, 0.5) is 26.3 Å². The van der Waals surface area contributed by atoms with Gasteiger partial charge in [0.2, 0.25) is 5.41 Å². The van der Waals surface area contributed by atoms with Gasteiger partial charge >= 0.3 is 12.4 Å². The highest BCUT2D eigenvalue weighted by atomic mass is 19.4. The van der Waals surface area contributed by atoms with Crippen LogP contribution in [0.3, 0.4) is 0 Å². The maximum Gasteiger partial charge on any atom is 0.411 e. The maximum absolute atomic E-state index is 14.5. The minimum Gasteiger partial charge on any atom is -0.462 e. The molecule has 0 heterocycles. The van der Waals surface area contributed by atoms with Gasteiger partial charge in [0.05, 0.1) is 0 Å². The van der Waals surface area contributed by atoms with E-state index < -0.39 is 28.9 Å². The van der Waals surface area contributed by atoms with Gasteiger partial charge in [-0.3, -0.25) is 0 Å². The average molecular weight is 561 g/mol. The summed E-state index contributed by atoms with van der Waals surface area (Å²) in [4.78, 5) is 0. The van der Waals surface area contributed by atoms with Gasteiger partial charge in [0.15, 0.2) is 0 Å². The van der Waals surface area contributed by atoms with Crippen LogP contribution in [0.5, 0.6) is 17.2 Å². The lowest BCUT2D eigenvalue weighted by atomic mass is 9.73. The van der Waals surface area contributed by atoms with Crippen molar-refractivity contribution in [1.82, 2.24) is 0 Å². The Labute approximate surface area is 230 Å². The van der Waals surface area contributed by atoms with Crippen molar-refractivity contribution in [3.8, 4) is 17.2 Å². The molecule has 3 aromatic carbocycles. The lowest BCUT2D eigenvalue weighted by Crippen LogP contribution is -2.54. The molecule has 212 valence electrons. The molecule has 0 radical (unpaired) electrons. The van der Waals surface area contributed by atoms with Crippen molar-refractivity contribution >= 4 is 0 Å². The molecule has 0 aliphatic heterocycles. The zero-order valence-electron chi connectivity index (χ0n) is 22.8. The molecule has 0 aromatic heterocycles. The lowest BCUT2D eigenvalue weighted by Gasteiger charge is -2.38. The first-order valence-corrected chi connectivity index (χ1v) is 12.4. The summed E-state index contributed by atoms with van der Waals surface area (Å²) in [6, 6.07) is 12.8. The van der Waals surface area contributed by atoms with Gasteiger partial charge in [-0.1, -0.05) is 43.0 Å². The zero-order valence-corrected chi connectivity index (χ0v) is 22.8. The molecule has 8 heteroatoms. The van der Waals surface area contributed by atoms with Crippen LogP contribution in [0.2, 0.25) is 0 Å². The third-order valence-corrected chi connectivity index (χ3v) is 6.77. The van der Waals surface area contributed by atoms with E-state index in [0.717, 1.165) is 70.8 Å². The van der Waals surface area contributed by atoms with Crippen molar-refractivity contribution in [3.63, 3.8) is 0 Å². The van der Waals surface area contributed by atoms with E-state index in [2.05, 4.69) is 6.58 Å². The summed E-state index contributed by atoms with van der Waals surface area (Å²) >= 11 is 0. The second kappa shape index (κ2) is 11.7. The van der Waals surface area contributed by atoms with Crippen molar-refractivity contribution in [2.75, 3.05) is 0 Å². The topological polar surface area (TPSA) is 18.5 Å². The van der Waals surface area contributed by atoms with Crippen molar-refractivity contribution in [3.05, 3.63) is 125 Å². The van der Waals surface area contributed by atoms with Gasteiger partial charge < -0.3 is 9.47 Å². The van der Waals surface area contributed by atoms with E-state index in [-0.39, 0.29) is 11.5 Å². The van der Waals surface area contributed by atoms with Crippen LogP contribution in [-0.4, -0.2) is 12.4 Å². The van der Waals surface area contributed by atoms with E-state index in [4.69, 9.17) is 9.47 Å². The SMILES string of the molecule is C=C/C(C)=C(C)\C=C(/C)Oc1ccc(C(c2ccc(Oc3ccc(C)c(C)c3)cc2)(C(F)(F)F)C(F)(F)F)cc1. The van der Waals surface area contributed by atoms with Gasteiger partial charge in [0.1, 0.15) is 23.0 Å². The third kappa shape index (κ3) is 6.27. The lowest BCUT2D eigenvalue weighted by molar-refractivity contribution is -0.288. The highest BCUT2D eigenvalue weighted by Gasteiger charge is 2.72. The largest absolute Gasteiger partial charge is 0.462 e. The van der Waals surface area contributed by atoms with Gasteiger partial charge in [-0.25, -0.2) is 0 Å². The predicted octanol–water partition coefficient (Wildman–Crippen LogP) is 10.3. The normalized spacial score (nSPS) is 13.5. The molecule has 0 atom stereocenters. The van der Waals surface area contributed by atoms with Crippen molar-refractivity contribution in [2.24, 2.45) is 0 Å². The molecule has 0 spiro atoms. The van der Waals surface area contributed by atoms with Crippen LogP contribution in [0.15, 0.2) is 102 Å². The number of benzene rings is 3. The Morgan fingerprint density at radius 3 is 1.57 bits per heavy atom. The molecule has 0 bridgehead atoms. The maximum atomic E-state index is 14.5. The van der Waals surface area contributed by atoms with Crippen LogP contribution in [-0.2, 0) is 5.41 Å². The highest BCUT2D eigenvalue weighted by molar-refractivity contribution is 5.48. The van der Waals surface area contributed by atoms with Crippen LogP contribution < -0.4 is 9.47 Å². The van der Waals surface area contributed by atoms with E-state index in [1.807, 2.05) is 33.8 Å². The minimum atomic E-state index is -5.70. The Kier molecular flexibility index (Phi) is 8.92. The van der Waals surface area contributed by atoms with Gasteiger partial charge in [-0.15, -0.1) is 0 Å². The van der Waals surface area contributed by atoms with E-state index in [0.29, 0.717) is 11.5 Å². The second-order valence-electron chi connectivity index (χ2n) is 9.57. The van der Waals surface area contributed by atoms with E-state index >= 15 is 0 Å². The van der Waals surface area contributed by atoms with Crippen molar-refractivity contribution in [2.45, 2.75) is 52.4 Å². The van der Waals surface area contributed by atoms with E-state index in [1.54, 1.807) is 31.2 Å². The standard InChI is InChI=1S/C32H30F6O2/c1-7-20(2)22(4)18-24(6)39-27-14-9-25(10-15-27)30(31(33,34)35,32(36,37)38)26-11-16-28(17-12-26)40-29-13-8-21(3)23(5)19-29/h7-19H,1H2,2-6H3/b22-20-,24-18+. The molecule has 3 rings (SSSR count). The quantitative estimate of drug-likeness (QED) is 0.155. The monoisotopic (exact) mass is 560 g/mol. The molecule has 2 nitrogen and oxygen atoms in total. The molecule has 0 unspecified atom stereocenters. The molecule has 0 aliphatic carbocycles. The molecule has 0 saturated carbocycles. The van der Waals surface area contributed by atoms with Crippen LogP contribution in [0.25, 0.3) is 0 Å². The summed E-state index contributed by atoms with van der Waals surface area (Å²) < 4.78 is 98.5. The Bertz CT molecular complexity index is 1400. The Hall–Kier alpha value is -3.94. The molecular formula is C32H30F6O2. The summed E-state index contributed by atoms with van der Waals surface area (Å²) in [5.74, 6) is 1.02. The van der Waals surface area contributed by atoms with Gasteiger partial charge in [-0.05, 0) is 110 Å². The highest BCUT2D eigenvalue weighted by Crippen LogP contribution is 2.56. The molecule has 0 fully saturated rings. The number of halogens is 6. The van der Waals surface area contributed by atoms with Crippen LogP contribution >= 0.6 is 0 Å². The zero-order chi connectivity index (χ0) is 29.9. The molecule has 0 saturated heterocycles. The number of ether oxygens (including phenoxy) is 2. The molecule has 0 amide bonds. The average Bonchev–Trinajstić information content (AvgIpc) is 2.86. The van der Waals surface area contributed by atoms with Crippen molar-refractivity contribution in [1.29, 1.82) is 0 Å². The fraction of sp³-hybridized carbons (Fsp3) is 0.250. The van der Waals surface area contributed by atoms with Gasteiger partial charge in [0.25, 0.3) is 0 Å². The number of alkyl halides is 6. The molecule has 3 aromatic rings. The first kappa shape index (κ1) is 30.6. The summed E-state index contributed by atoms with van der Waals surface area (Å²) in [6.45, 7) is 12.7. The predicted molar refractivity (Wildman–Crippen MR) is 145 cm³/mol. The Morgan fingerprint density at radius 1 is 0.650 bits per heavy atom. The van der Waals surface area contributed by atoms with Crippen LogP contribution in [0, 0.1) is 13.8 Å². The third-order valence-electron chi connectivity index (χ3n) is 6.77. The van der Waals surface area contributed by atoms with E-state index in [1.165, 1.54) is 0 Å². The summed E-state index contributed by atoms with van der Waals surface area (Å²) in [5, 5.41) is 0. The first-order valence-electron chi connectivity index (χ1n) is 12.4. The fourth-order valence-corrected chi connectivity index (χ4v) is 4.24. The summed E-state index contributed by atoms with van der Waals surface area (Å²) in [6.07, 6.45) is -8.06. The molecule has 0 N–H and O–H groups in total. The first-order chi connectivity index (χ1) is 18.6. The van der Waals surface area contributed by atoms with Gasteiger partial charge in [0, 0.05) is 0 Å². The second-order valence-corrected chi connectivity index (χ2v) is 9.57. The number of allylic oxidation sites excluding steroid dienone is 5. The van der Waals surface area contributed by atoms with Crippen LogP contribution in [0.1, 0.15) is 43.0 Å².